The Hall–Kier alpha value is -1.46. The number of ether oxygens (including phenoxy) is 3. The van der Waals surface area contributed by atoms with Gasteiger partial charge < -0.3 is 19.5 Å². The molecule has 0 spiro atoms. The van der Waals surface area contributed by atoms with Gasteiger partial charge in [0.05, 0.1) is 21.3 Å². The molecule has 1 saturated heterocycles. The first-order valence-electron chi connectivity index (χ1n) is 7.39. The number of nitrogens with one attached hydrogen (secondary N) is 1. The Kier molecular flexibility index (Phi) is 5.70. The normalized spacial score (nSPS) is 18.6. The topological polar surface area (TPSA) is 43.0 Å². The molecule has 1 aliphatic rings. The summed E-state index contributed by atoms with van der Waals surface area (Å²) in [7, 11) is 7.14. The molecule has 1 fully saturated rings. The SMILES string of the molecule is COc1cc(OC)c(OC)cc1CN(C)C1CCCNC1. The third kappa shape index (κ3) is 3.80. The van der Waals surface area contributed by atoms with Gasteiger partial charge in [-0.2, -0.15) is 0 Å². The van der Waals surface area contributed by atoms with E-state index in [4.69, 9.17) is 14.2 Å². The van der Waals surface area contributed by atoms with E-state index in [1.54, 1.807) is 21.3 Å². The third-order valence-electron chi connectivity index (χ3n) is 4.10. The van der Waals surface area contributed by atoms with E-state index >= 15 is 0 Å². The largest absolute Gasteiger partial charge is 0.496 e. The number of rotatable bonds is 6. The molecule has 5 nitrogen and oxygen atoms in total. The zero-order valence-electron chi connectivity index (χ0n) is 13.4. The fraction of sp³-hybridized carbons (Fsp3) is 0.625. The summed E-state index contributed by atoms with van der Waals surface area (Å²) in [5.41, 5.74) is 1.11. The molecule has 0 bridgehead atoms. The third-order valence-corrected chi connectivity index (χ3v) is 4.10. The smallest absolute Gasteiger partial charge is 0.164 e. The van der Waals surface area contributed by atoms with Crippen LogP contribution >= 0.6 is 0 Å². The molecule has 118 valence electrons. The monoisotopic (exact) mass is 294 g/mol. The van der Waals surface area contributed by atoms with E-state index < -0.39 is 0 Å². The van der Waals surface area contributed by atoms with Crippen molar-refractivity contribution in [2.45, 2.75) is 25.4 Å². The van der Waals surface area contributed by atoms with Gasteiger partial charge >= 0.3 is 0 Å². The molecule has 21 heavy (non-hydrogen) atoms. The van der Waals surface area contributed by atoms with E-state index in [2.05, 4.69) is 17.3 Å². The van der Waals surface area contributed by atoms with Crippen LogP contribution in [0, 0.1) is 0 Å². The Bertz CT molecular complexity index is 459. The molecule has 1 unspecified atom stereocenters. The Labute approximate surface area is 127 Å². The molecule has 0 amide bonds. The molecule has 1 atom stereocenters. The summed E-state index contributed by atoms with van der Waals surface area (Å²) >= 11 is 0. The molecule has 1 aliphatic heterocycles. The maximum atomic E-state index is 5.50. The predicted octanol–water partition coefficient (Wildman–Crippen LogP) is 1.90. The lowest BCUT2D eigenvalue weighted by Crippen LogP contribution is -2.43. The van der Waals surface area contributed by atoms with Gasteiger partial charge in [-0.25, -0.2) is 0 Å². The number of benzene rings is 1. The Balaban J connectivity index is 2.17. The highest BCUT2D eigenvalue weighted by Gasteiger charge is 2.20. The molecule has 1 aromatic rings. The zero-order chi connectivity index (χ0) is 15.2. The predicted molar refractivity (Wildman–Crippen MR) is 83.5 cm³/mol. The van der Waals surface area contributed by atoms with Gasteiger partial charge in [0.25, 0.3) is 0 Å². The van der Waals surface area contributed by atoms with Crippen LogP contribution in [-0.2, 0) is 6.54 Å². The van der Waals surface area contributed by atoms with Crippen molar-refractivity contribution >= 4 is 0 Å². The van der Waals surface area contributed by atoms with Crippen LogP contribution in [0.25, 0.3) is 0 Å². The molecule has 1 aromatic carbocycles. The standard InChI is InChI=1S/C16H26N2O3/c1-18(13-6-5-7-17-10-13)11-12-8-15(20-3)16(21-4)9-14(12)19-2/h8-9,13,17H,5-7,10-11H2,1-4H3. The first kappa shape index (κ1) is 15.9. The van der Waals surface area contributed by atoms with Crippen LogP contribution in [0.5, 0.6) is 17.2 Å². The van der Waals surface area contributed by atoms with Gasteiger partial charge in [0.15, 0.2) is 11.5 Å². The maximum Gasteiger partial charge on any atom is 0.164 e. The summed E-state index contributed by atoms with van der Waals surface area (Å²) in [6.45, 7) is 3.01. The average molecular weight is 294 g/mol. The molecule has 0 aromatic heterocycles. The van der Waals surface area contributed by atoms with Gasteiger partial charge in [0.1, 0.15) is 5.75 Å². The van der Waals surface area contributed by atoms with Crippen molar-refractivity contribution in [2.75, 3.05) is 41.5 Å². The minimum Gasteiger partial charge on any atom is -0.496 e. The summed E-state index contributed by atoms with van der Waals surface area (Å²) in [4.78, 5) is 2.37. The van der Waals surface area contributed by atoms with Crippen LogP contribution in [0.1, 0.15) is 18.4 Å². The Morgan fingerprint density at radius 3 is 2.33 bits per heavy atom. The lowest BCUT2D eigenvalue weighted by atomic mass is 10.1. The van der Waals surface area contributed by atoms with E-state index in [1.165, 1.54) is 12.8 Å². The average Bonchev–Trinajstić information content (AvgIpc) is 2.55. The molecule has 1 heterocycles. The second kappa shape index (κ2) is 7.52. The van der Waals surface area contributed by atoms with Crippen molar-refractivity contribution in [3.8, 4) is 17.2 Å². The van der Waals surface area contributed by atoms with E-state index in [0.717, 1.165) is 36.7 Å². The van der Waals surface area contributed by atoms with E-state index in [-0.39, 0.29) is 0 Å². The highest BCUT2D eigenvalue weighted by Crippen LogP contribution is 2.35. The van der Waals surface area contributed by atoms with Crippen LogP contribution in [0.4, 0.5) is 0 Å². The van der Waals surface area contributed by atoms with Gasteiger partial charge in [-0.3, -0.25) is 4.90 Å². The van der Waals surface area contributed by atoms with Gasteiger partial charge in [-0.1, -0.05) is 0 Å². The van der Waals surface area contributed by atoms with Gasteiger partial charge in [-0.05, 0) is 32.5 Å². The van der Waals surface area contributed by atoms with Gasteiger partial charge in [0.2, 0.25) is 0 Å². The van der Waals surface area contributed by atoms with E-state index in [0.29, 0.717) is 11.8 Å². The summed E-state index contributed by atoms with van der Waals surface area (Å²) in [6, 6.07) is 4.46. The van der Waals surface area contributed by atoms with Crippen molar-refractivity contribution < 1.29 is 14.2 Å². The summed E-state index contributed by atoms with van der Waals surface area (Å²) in [6.07, 6.45) is 2.47. The summed E-state index contributed by atoms with van der Waals surface area (Å²) in [5, 5.41) is 3.45. The highest BCUT2D eigenvalue weighted by molar-refractivity contribution is 5.50. The quantitative estimate of drug-likeness (QED) is 0.868. The van der Waals surface area contributed by atoms with Crippen molar-refractivity contribution in [1.29, 1.82) is 0 Å². The zero-order valence-corrected chi connectivity index (χ0v) is 13.4. The fourth-order valence-corrected chi connectivity index (χ4v) is 2.82. The first-order valence-corrected chi connectivity index (χ1v) is 7.39. The number of hydrogen-bond acceptors (Lipinski definition) is 5. The molecular formula is C16H26N2O3. The Morgan fingerprint density at radius 2 is 1.76 bits per heavy atom. The first-order chi connectivity index (χ1) is 10.2. The highest BCUT2D eigenvalue weighted by atomic mass is 16.5. The molecular weight excluding hydrogens is 268 g/mol. The van der Waals surface area contributed by atoms with Crippen molar-refractivity contribution in [3.63, 3.8) is 0 Å². The van der Waals surface area contributed by atoms with E-state index in [9.17, 15) is 0 Å². The number of methoxy groups -OCH3 is 3. The lowest BCUT2D eigenvalue weighted by molar-refractivity contribution is 0.193. The van der Waals surface area contributed by atoms with Crippen molar-refractivity contribution in [2.24, 2.45) is 0 Å². The van der Waals surface area contributed by atoms with Crippen LogP contribution in [0.15, 0.2) is 12.1 Å². The fourth-order valence-electron chi connectivity index (χ4n) is 2.82. The second-order valence-corrected chi connectivity index (χ2v) is 5.43. The Morgan fingerprint density at radius 1 is 1.10 bits per heavy atom. The minimum atomic E-state index is 0.566. The van der Waals surface area contributed by atoms with Gasteiger partial charge in [0, 0.05) is 30.8 Å². The maximum absolute atomic E-state index is 5.50. The minimum absolute atomic E-state index is 0.566. The molecule has 0 aliphatic carbocycles. The lowest BCUT2D eigenvalue weighted by Gasteiger charge is -2.32. The molecule has 0 saturated carbocycles. The van der Waals surface area contributed by atoms with Crippen LogP contribution in [-0.4, -0.2) is 52.4 Å². The number of likely N-dealkylation sites (N-methyl/N-ethyl adjacent to an activating group) is 1. The van der Waals surface area contributed by atoms with Crippen LogP contribution < -0.4 is 19.5 Å². The van der Waals surface area contributed by atoms with E-state index in [1.807, 2.05) is 12.1 Å². The second-order valence-electron chi connectivity index (χ2n) is 5.43. The number of hydrogen-bond donors (Lipinski definition) is 1. The molecule has 2 rings (SSSR count). The number of piperidine rings is 1. The number of nitrogens with zero attached hydrogens (tertiary/aromatic N) is 1. The van der Waals surface area contributed by atoms with Crippen molar-refractivity contribution in [1.82, 2.24) is 10.2 Å². The molecule has 0 radical (unpaired) electrons. The molecule has 1 N–H and O–H groups in total. The summed E-state index contributed by atoms with van der Waals surface area (Å²) in [5.74, 6) is 2.27. The van der Waals surface area contributed by atoms with Crippen LogP contribution in [0.2, 0.25) is 0 Å². The van der Waals surface area contributed by atoms with Gasteiger partial charge in [-0.15, -0.1) is 0 Å². The van der Waals surface area contributed by atoms with Crippen molar-refractivity contribution in [3.05, 3.63) is 17.7 Å². The summed E-state index contributed by atoms with van der Waals surface area (Å²) < 4.78 is 16.2. The molecule has 5 heteroatoms. The van der Waals surface area contributed by atoms with Crippen LogP contribution in [0.3, 0.4) is 0 Å².